The first-order valence-electron chi connectivity index (χ1n) is 4.24. The SMILES string of the molecule is Br.Br.[C-]1=C(C2CCCC2)C=CC1.[Zr]. The van der Waals surface area contributed by atoms with Gasteiger partial charge >= 0.3 is 0 Å². The Morgan fingerprint density at radius 2 is 1.77 bits per heavy atom. The molecular formula is C10H15Br2Zr-. The topological polar surface area (TPSA) is 0 Å². The Bertz CT molecular complexity index is 181. The van der Waals surface area contributed by atoms with Crippen molar-refractivity contribution in [1.29, 1.82) is 0 Å². The molecule has 2 aliphatic carbocycles. The third-order valence-electron chi connectivity index (χ3n) is 2.52. The molecule has 0 aromatic rings. The van der Waals surface area contributed by atoms with E-state index in [1.165, 1.54) is 31.3 Å². The maximum atomic E-state index is 3.40. The molecule has 0 atom stereocenters. The molecule has 1 saturated carbocycles. The van der Waals surface area contributed by atoms with Crippen LogP contribution in [0.1, 0.15) is 32.1 Å². The van der Waals surface area contributed by atoms with Crippen LogP contribution in [0.5, 0.6) is 0 Å². The molecule has 0 N–H and O–H groups in total. The zero-order valence-electron chi connectivity index (χ0n) is 7.58. The predicted molar refractivity (Wildman–Crippen MR) is 63.1 cm³/mol. The first-order chi connectivity index (χ1) is 4.97. The molecule has 0 aromatic carbocycles. The molecular weight excluding hydrogens is 371 g/mol. The first kappa shape index (κ1) is 16.7. The van der Waals surface area contributed by atoms with E-state index in [1.54, 1.807) is 0 Å². The summed E-state index contributed by atoms with van der Waals surface area (Å²) in [6, 6.07) is 0. The van der Waals surface area contributed by atoms with E-state index in [-0.39, 0.29) is 60.2 Å². The van der Waals surface area contributed by atoms with E-state index < -0.39 is 0 Å². The largest absolute Gasteiger partial charge is 0.269 e. The molecule has 2 aliphatic rings. The van der Waals surface area contributed by atoms with Gasteiger partial charge in [-0.05, 0) is 18.8 Å². The van der Waals surface area contributed by atoms with E-state index in [0.717, 1.165) is 12.3 Å². The zero-order chi connectivity index (χ0) is 6.81. The Morgan fingerprint density at radius 3 is 2.23 bits per heavy atom. The van der Waals surface area contributed by atoms with Gasteiger partial charge in [0.1, 0.15) is 0 Å². The summed E-state index contributed by atoms with van der Waals surface area (Å²) in [4.78, 5) is 0. The molecule has 0 nitrogen and oxygen atoms in total. The van der Waals surface area contributed by atoms with Crippen LogP contribution < -0.4 is 0 Å². The number of halogens is 2. The smallest absolute Gasteiger partial charge is 0 e. The molecule has 0 amide bonds. The molecule has 0 heterocycles. The van der Waals surface area contributed by atoms with Crippen LogP contribution in [0.2, 0.25) is 0 Å². The third-order valence-corrected chi connectivity index (χ3v) is 2.52. The van der Waals surface area contributed by atoms with Crippen molar-refractivity contribution >= 4 is 34.0 Å². The molecule has 0 spiro atoms. The molecule has 1 fully saturated rings. The molecule has 3 heteroatoms. The van der Waals surface area contributed by atoms with E-state index >= 15 is 0 Å². The summed E-state index contributed by atoms with van der Waals surface area (Å²) >= 11 is 0. The molecule has 0 bridgehead atoms. The van der Waals surface area contributed by atoms with Crippen molar-refractivity contribution in [3.63, 3.8) is 0 Å². The summed E-state index contributed by atoms with van der Waals surface area (Å²) in [5.74, 6) is 0.874. The van der Waals surface area contributed by atoms with E-state index in [0.29, 0.717) is 0 Å². The van der Waals surface area contributed by atoms with E-state index in [2.05, 4.69) is 18.2 Å². The molecule has 2 rings (SSSR count). The van der Waals surface area contributed by atoms with E-state index in [4.69, 9.17) is 0 Å². The average Bonchev–Trinajstić information content (AvgIpc) is 2.59. The van der Waals surface area contributed by atoms with Crippen LogP contribution in [0.4, 0.5) is 0 Å². The molecule has 0 aromatic heterocycles. The van der Waals surface area contributed by atoms with Crippen molar-refractivity contribution in [2.24, 2.45) is 5.92 Å². The summed E-state index contributed by atoms with van der Waals surface area (Å²) in [6.45, 7) is 0. The molecule has 0 radical (unpaired) electrons. The monoisotopic (exact) mass is 383 g/mol. The summed E-state index contributed by atoms with van der Waals surface area (Å²) < 4.78 is 0. The Labute approximate surface area is 121 Å². The van der Waals surface area contributed by atoms with Crippen LogP contribution in [0.3, 0.4) is 0 Å². The van der Waals surface area contributed by atoms with Crippen molar-refractivity contribution in [2.75, 3.05) is 0 Å². The Balaban J connectivity index is 0. The number of hydrogen-bond acceptors (Lipinski definition) is 0. The van der Waals surface area contributed by atoms with Crippen LogP contribution in [0, 0.1) is 12.0 Å². The van der Waals surface area contributed by atoms with Gasteiger partial charge in [-0.3, -0.25) is 6.08 Å². The molecule has 13 heavy (non-hydrogen) atoms. The summed E-state index contributed by atoms with van der Waals surface area (Å²) in [5.41, 5.74) is 1.50. The summed E-state index contributed by atoms with van der Waals surface area (Å²) in [5, 5.41) is 0. The van der Waals surface area contributed by atoms with Gasteiger partial charge in [0.2, 0.25) is 0 Å². The van der Waals surface area contributed by atoms with Crippen LogP contribution in [-0.4, -0.2) is 0 Å². The van der Waals surface area contributed by atoms with Crippen molar-refractivity contribution in [3.05, 3.63) is 23.8 Å². The summed E-state index contributed by atoms with van der Waals surface area (Å²) in [7, 11) is 0. The second kappa shape index (κ2) is 8.62. The minimum atomic E-state index is 0. The first-order valence-corrected chi connectivity index (χ1v) is 4.24. The van der Waals surface area contributed by atoms with Gasteiger partial charge in [-0.1, -0.05) is 12.8 Å². The van der Waals surface area contributed by atoms with Crippen LogP contribution in [0.15, 0.2) is 17.7 Å². The van der Waals surface area contributed by atoms with E-state index in [1.807, 2.05) is 0 Å². The predicted octanol–water partition coefficient (Wildman–Crippen LogP) is 4.02. The molecule has 0 saturated heterocycles. The molecule has 0 unspecified atom stereocenters. The fourth-order valence-electron chi connectivity index (χ4n) is 1.94. The average molecular weight is 386 g/mol. The van der Waals surface area contributed by atoms with Crippen molar-refractivity contribution in [2.45, 2.75) is 32.1 Å². The van der Waals surface area contributed by atoms with Crippen LogP contribution >= 0.6 is 34.0 Å². The van der Waals surface area contributed by atoms with Crippen molar-refractivity contribution in [1.82, 2.24) is 0 Å². The summed E-state index contributed by atoms with van der Waals surface area (Å²) in [6.07, 6.45) is 14.6. The Kier molecular flexibility index (Phi) is 11.1. The molecule has 0 aliphatic heterocycles. The Morgan fingerprint density at radius 1 is 1.15 bits per heavy atom. The van der Waals surface area contributed by atoms with Gasteiger partial charge < -0.3 is 0 Å². The van der Waals surface area contributed by atoms with Gasteiger partial charge in [0, 0.05) is 26.2 Å². The van der Waals surface area contributed by atoms with Gasteiger partial charge in [-0.15, -0.1) is 40.4 Å². The van der Waals surface area contributed by atoms with Crippen LogP contribution in [0.25, 0.3) is 0 Å². The quantitative estimate of drug-likeness (QED) is 0.598. The van der Waals surface area contributed by atoms with Crippen molar-refractivity contribution in [3.8, 4) is 0 Å². The van der Waals surface area contributed by atoms with Crippen molar-refractivity contribution < 1.29 is 26.2 Å². The maximum absolute atomic E-state index is 3.40. The third kappa shape index (κ3) is 4.57. The molecule has 74 valence electrons. The van der Waals surface area contributed by atoms with Gasteiger partial charge in [0.05, 0.1) is 0 Å². The van der Waals surface area contributed by atoms with Crippen LogP contribution in [-0.2, 0) is 26.2 Å². The minimum Gasteiger partial charge on any atom is -0.269 e. The number of allylic oxidation sites excluding steroid dienone is 4. The van der Waals surface area contributed by atoms with E-state index in [9.17, 15) is 0 Å². The number of rotatable bonds is 1. The maximum Gasteiger partial charge on any atom is 0 e. The van der Waals surface area contributed by atoms with Gasteiger partial charge in [0.15, 0.2) is 0 Å². The van der Waals surface area contributed by atoms with Gasteiger partial charge in [0.25, 0.3) is 0 Å². The fraction of sp³-hybridized carbons (Fsp3) is 0.600. The standard InChI is InChI=1S/C10H13.2BrH.Zr/c1-2-6-9(5-1)10-7-3-4-8-10;;;/h1,5,10H,2-4,7-8H2;2*1H;/q-1;;;. The van der Waals surface area contributed by atoms with Gasteiger partial charge in [-0.2, -0.15) is 6.08 Å². The second-order valence-electron chi connectivity index (χ2n) is 3.22. The fourth-order valence-corrected chi connectivity index (χ4v) is 1.94. The zero-order valence-corrected chi connectivity index (χ0v) is 13.5. The minimum absolute atomic E-state index is 0. The Hall–Kier alpha value is 1.32. The van der Waals surface area contributed by atoms with Gasteiger partial charge in [-0.25, -0.2) is 11.6 Å². The normalized spacial score (nSPS) is 19.8. The second-order valence-corrected chi connectivity index (χ2v) is 3.22. The number of hydrogen-bond donors (Lipinski definition) is 0.